The maximum atomic E-state index is 13.9. The molecule has 0 aromatic heterocycles. The predicted molar refractivity (Wildman–Crippen MR) is 89.4 cm³/mol. The third kappa shape index (κ3) is 3.78. The standard InChI is InChI=1S/C14H9BrClFN2OS/c15-10-3-2-8(16)6-9(10)14(20)19-12-4-1-7(13(18)21)5-11(12)17/h1-6H,(H2,18,21)(H,19,20). The molecule has 108 valence electrons. The van der Waals surface area contributed by atoms with E-state index in [1.807, 2.05) is 0 Å². The van der Waals surface area contributed by atoms with Crippen molar-refractivity contribution in [1.29, 1.82) is 0 Å². The third-order valence-corrected chi connectivity index (χ3v) is 3.84. The molecule has 2 aromatic rings. The molecule has 21 heavy (non-hydrogen) atoms. The molecule has 0 unspecified atom stereocenters. The van der Waals surface area contributed by atoms with Crippen molar-refractivity contribution < 1.29 is 9.18 Å². The molecule has 0 bridgehead atoms. The van der Waals surface area contributed by atoms with E-state index in [1.165, 1.54) is 24.3 Å². The number of carbonyl (C=O) groups excluding carboxylic acids is 1. The Hall–Kier alpha value is -1.50. The van der Waals surface area contributed by atoms with Gasteiger partial charge in [0.15, 0.2) is 0 Å². The van der Waals surface area contributed by atoms with Gasteiger partial charge in [-0.15, -0.1) is 0 Å². The molecule has 0 fully saturated rings. The molecule has 0 aliphatic rings. The summed E-state index contributed by atoms with van der Waals surface area (Å²) < 4.78 is 14.5. The zero-order valence-corrected chi connectivity index (χ0v) is 13.7. The van der Waals surface area contributed by atoms with Gasteiger partial charge in [-0.25, -0.2) is 4.39 Å². The topological polar surface area (TPSA) is 55.1 Å². The molecule has 3 N–H and O–H groups in total. The number of rotatable bonds is 3. The van der Waals surface area contributed by atoms with Crippen LogP contribution in [0.3, 0.4) is 0 Å². The second-order valence-electron chi connectivity index (χ2n) is 4.14. The molecule has 0 aliphatic carbocycles. The smallest absolute Gasteiger partial charge is 0.256 e. The van der Waals surface area contributed by atoms with Crippen LogP contribution in [-0.4, -0.2) is 10.9 Å². The summed E-state index contributed by atoms with van der Waals surface area (Å²) in [7, 11) is 0. The Bertz CT molecular complexity index is 739. The molecular formula is C14H9BrClFN2OS. The summed E-state index contributed by atoms with van der Waals surface area (Å²) in [6, 6.07) is 8.88. The van der Waals surface area contributed by atoms with Crippen molar-refractivity contribution in [3.63, 3.8) is 0 Å². The van der Waals surface area contributed by atoms with E-state index in [1.54, 1.807) is 12.1 Å². The van der Waals surface area contributed by atoms with Gasteiger partial charge >= 0.3 is 0 Å². The van der Waals surface area contributed by atoms with Gasteiger partial charge in [-0.1, -0.05) is 23.8 Å². The molecule has 0 heterocycles. The molecule has 2 rings (SSSR count). The Labute approximate surface area is 139 Å². The van der Waals surface area contributed by atoms with E-state index in [-0.39, 0.29) is 10.7 Å². The number of thiocarbonyl (C=S) groups is 1. The number of amides is 1. The molecule has 2 aromatic carbocycles. The van der Waals surface area contributed by atoms with Gasteiger partial charge in [0.25, 0.3) is 5.91 Å². The second kappa shape index (κ2) is 6.51. The van der Waals surface area contributed by atoms with E-state index in [9.17, 15) is 9.18 Å². The Kier molecular flexibility index (Phi) is 4.92. The van der Waals surface area contributed by atoms with E-state index >= 15 is 0 Å². The Morgan fingerprint density at radius 2 is 2.00 bits per heavy atom. The van der Waals surface area contributed by atoms with Crippen molar-refractivity contribution >= 4 is 56.3 Å². The summed E-state index contributed by atoms with van der Waals surface area (Å²) in [5, 5.41) is 2.88. The van der Waals surface area contributed by atoms with E-state index in [0.717, 1.165) is 0 Å². The SMILES string of the molecule is NC(=S)c1ccc(NC(=O)c2cc(Cl)ccc2Br)c(F)c1. The number of hydrogen-bond donors (Lipinski definition) is 2. The normalized spacial score (nSPS) is 10.2. The Morgan fingerprint density at radius 3 is 2.62 bits per heavy atom. The average Bonchev–Trinajstić information content (AvgIpc) is 2.43. The first-order chi connectivity index (χ1) is 9.88. The minimum Gasteiger partial charge on any atom is -0.389 e. The van der Waals surface area contributed by atoms with Crippen molar-refractivity contribution in [1.82, 2.24) is 0 Å². The fraction of sp³-hybridized carbons (Fsp3) is 0. The Balaban J connectivity index is 2.27. The maximum Gasteiger partial charge on any atom is 0.256 e. The molecular weight excluding hydrogens is 379 g/mol. The first-order valence-corrected chi connectivity index (χ1v) is 7.32. The van der Waals surface area contributed by atoms with Gasteiger partial charge in [0.1, 0.15) is 10.8 Å². The van der Waals surface area contributed by atoms with E-state index in [2.05, 4.69) is 21.2 Å². The predicted octanol–water partition coefficient (Wildman–Crippen LogP) is 4.13. The van der Waals surface area contributed by atoms with Gasteiger partial charge in [0, 0.05) is 15.1 Å². The summed E-state index contributed by atoms with van der Waals surface area (Å²) in [6.45, 7) is 0. The van der Waals surface area contributed by atoms with Crippen LogP contribution in [0.15, 0.2) is 40.9 Å². The minimum absolute atomic E-state index is 0.0341. The average molecular weight is 388 g/mol. The van der Waals surface area contributed by atoms with Gasteiger partial charge in [0.05, 0.1) is 11.3 Å². The molecule has 0 saturated carbocycles. The fourth-order valence-electron chi connectivity index (χ4n) is 1.63. The lowest BCUT2D eigenvalue weighted by molar-refractivity contribution is 0.102. The fourth-order valence-corrected chi connectivity index (χ4v) is 2.36. The number of anilines is 1. The minimum atomic E-state index is -0.619. The number of halogens is 3. The monoisotopic (exact) mass is 386 g/mol. The number of nitrogens with one attached hydrogen (secondary N) is 1. The first-order valence-electron chi connectivity index (χ1n) is 5.74. The van der Waals surface area contributed by atoms with Crippen LogP contribution in [-0.2, 0) is 0 Å². The van der Waals surface area contributed by atoms with Crippen molar-refractivity contribution in [2.45, 2.75) is 0 Å². The summed E-state index contributed by atoms with van der Waals surface area (Å²) >= 11 is 13.9. The van der Waals surface area contributed by atoms with Crippen LogP contribution < -0.4 is 11.1 Å². The van der Waals surface area contributed by atoms with Gasteiger partial charge in [-0.05, 0) is 52.3 Å². The molecule has 0 radical (unpaired) electrons. The summed E-state index contributed by atoms with van der Waals surface area (Å²) in [5.41, 5.74) is 6.15. The lowest BCUT2D eigenvalue weighted by Gasteiger charge is -2.09. The van der Waals surface area contributed by atoms with Gasteiger partial charge in [-0.3, -0.25) is 4.79 Å². The lowest BCUT2D eigenvalue weighted by atomic mass is 10.1. The van der Waals surface area contributed by atoms with Crippen LogP contribution in [0.5, 0.6) is 0 Å². The van der Waals surface area contributed by atoms with Crippen LogP contribution >= 0.6 is 39.7 Å². The molecule has 0 atom stereocenters. The van der Waals surface area contributed by atoms with Crippen molar-refractivity contribution in [2.75, 3.05) is 5.32 Å². The molecule has 0 aliphatic heterocycles. The number of hydrogen-bond acceptors (Lipinski definition) is 2. The molecule has 3 nitrogen and oxygen atoms in total. The Morgan fingerprint density at radius 1 is 1.29 bits per heavy atom. The van der Waals surface area contributed by atoms with Gasteiger partial charge < -0.3 is 11.1 Å². The van der Waals surface area contributed by atoms with Gasteiger partial charge in [0.2, 0.25) is 0 Å². The summed E-state index contributed by atoms with van der Waals surface area (Å²) in [5.74, 6) is -1.10. The molecule has 1 amide bonds. The van der Waals surface area contributed by atoms with E-state index in [4.69, 9.17) is 29.6 Å². The molecule has 0 saturated heterocycles. The highest BCUT2D eigenvalue weighted by Gasteiger charge is 2.13. The zero-order valence-electron chi connectivity index (χ0n) is 10.5. The highest BCUT2D eigenvalue weighted by atomic mass is 79.9. The van der Waals surface area contributed by atoms with Crippen molar-refractivity contribution in [2.24, 2.45) is 5.73 Å². The van der Waals surface area contributed by atoms with Crippen LogP contribution in [0.2, 0.25) is 5.02 Å². The summed E-state index contributed by atoms with van der Waals surface area (Å²) in [6.07, 6.45) is 0. The van der Waals surface area contributed by atoms with Gasteiger partial charge in [-0.2, -0.15) is 0 Å². The van der Waals surface area contributed by atoms with Crippen LogP contribution in [0.4, 0.5) is 10.1 Å². The van der Waals surface area contributed by atoms with E-state index in [0.29, 0.717) is 20.6 Å². The van der Waals surface area contributed by atoms with Crippen molar-refractivity contribution in [3.8, 4) is 0 Å². The molecule has 7 heteroatoms. The highest BCUT2D eigenvalue weighted by Crippen LogP contribution is 2.23. The number of benzene rings is 2. The number of nitrogens with two attached hydrogens (primary N) is 1. The van der Waals surface area contributed by atoms with Crippen molar-refractivity contribution in [3.05, 3.63) is 62.8 Å². The van der Waals surface area contributed by atoms with Crippen LogP contribution in [0, 0.1) is 5.82 Å². The second-order valence-corrected chi connectivity index (χ2v) is 5.87. The molecule has 0 spiro atoms. The maximum absolute atomic E-state index is 13.9. The van der Waals surface area contributed by atoms with Crippen LogP contribution in [0.1, 0.15) is 15.9 Å². The third-order valence-electron chi connectivity index (χ3n) is 2.67. The largest absolute Gasteiger partial charge is 0.389 e. The zero-order chi connectivity index (χ0) is 15.6. The highest BCUT2D eigenvalue weighted by molar-refractivity contribution is 9.10. The van der Waals surface area contributed by atoms with E-state index < -0.39 is 11.7 Å². The quantitative estimate of drug-likeness (QED) is 0.779. The number of carbonyl (C=O) groups is 1. The summed E-state index contributed by atoms with van der Waals surface area (Å²) in [4.78, 5) is 12.2. The van der Waals surface area contributed by atoms with Crippen LogP contribution in [0.25, 0.3) is 0 Å². The first kappa shape index (κ1) is 15.9. The lowest BCUT2D eigenvalue weighted by Crippen LogP contribution is -2.15.